The molecule has 1 heterocycles. The number of rotatable bonds is 3. The summed E-state index contributed by atoms with van der Waals surface area (Å²) in [6.07, 6.45) is 1.16. The molecule has 0 atom stereocenters. The number of nitrogens with zero attached hydrogens (tertiary/aromatic N) is 1. The van der Waals surface area contributed by atoms with Gasteiger partial charge in [-0.15, -0.1) is 0 Å². The number of halogens is 1. The van der Waals surface area contributed by atoms with Gasteiger partial charge in [0, 0.05) is 17.1 Å². The number of hydrogen-bond donors (Lipinski definition) is 0. The van der Waals surface area contributed by atoms with Crippen LogP contribution in [-0.4, -0.2) is 30.3 Å². The first kappa shape index (κ1) is 12.6. The molecule has 17 heavy (non-hydrogen) atoms. The number of carbonyl (C=O) groups excluding carboxylic acids is 1. The second-order valence-electron chi connectivity index (χ2n) is 5.56. The van der Waals surface area contributed by atoms with Gasteiger partial charge in [-0.25, -0.2) is 0 Å². The minimum absolute atomic E-state index is 0.158. The number of benzene rings is 1. The predicted octanol–water partition coefficient (Wildman–Crippen LogP) is 3.25. The van der Waals surface area contributed by atoms with Crippen molar-refractivity contribution in [3.05, 3.63) is 34.9 Å². The van der Waals surface area contributed by atoms with E-state index in [0.29, 0.717) is 22.5 Å². The van der Waals surface area contributed by atoms with Crippen molar-refractivity contribution in [2.24, 2.45) is 5.41 Å². The van der Waals surface area contributed by atoms with Crippen molar-refractivity contribution in [3.63, 3.8) is 0 Å². The van der Waals surface area contributed by atoms with Gasteiger partial charge in [-0.2, -0.15) is 0 Å². The van der Waals surface area contributed by atoms with E-state index < -0.39 is 0 Å². The fraction of sp³-hybridized carbons (Fsp3) is 0.500. The van der Waals surface area contributed by atoms with Gasteiger partial charge in [-0.3, -0.25) is 9.69 Å². The Morgan fingerprint density at radius 1 is 1.47 bits per heavy atom. The molecule has 1 fully saturated rings. The molecular formula is C14H18ClNO. The summed E-state index contributed by atoms with van der Waals surface area (Å²) in [5.41, 5.74) is 1.05. The number of likely N-dealkylation sites (tertiary alicyclic amines) is 1. The Balaban J connectivity index is 1.98. The second kappa shape index (κ2) is 4.79. The molecule has 92 valence electrons. The molecule has 1 aromatic rings. The Hall–Kier alpha value is -0.860. The number of carbonyl (C=O) groups is 1. The maximum atomic E-state index is 12.1. The highest BCUT2D eigenvalue weighted by atomic mass is 35.5. The average molecular weight is 252 g/mol. The summed E-state index contributed by atoms with van der Waals surface area (Å²) in [7, 11) is 0. The van der Waals surface area contributed by atoms with Crippen LogP contribution < -0.4 is 0 Å². The quantitative estimate of drug-likeness (QED) is 0.769. The molecule has 1 aromatic carbocycles. The molecule has 2 rings (SSSR count). The van der Waals surface area contributed by atoms with Crippen molar-refractivity contribution in [3.8, 4) is 0 Å². The SMILES string of the molecule is CC1(C)CCN(CC(=O)c2cccc(Cl)c2)C1. The number of hydrogen-bond acceptors (Lipinski definition) is 2. The zero-order chi connectivity index (χ0) is 12.5. The third-order valence-electron chi connectivity index (χ3n) is 3.27. The molecule has 0 unspecified atom stereocenters. The molecule has 0 aliphatic carbocycles. The van der Waals surface area contributed by atoms with Gasteiger partial charge >= 0.3 is 0 Å². The van der Waals surface area contributed by atoms with Gasteiger partial charge in [0.25, 0.3) is 0 Å². The zero-order valence-corrected chi connectivity index (χ0v) is 11.1. The Labute approximate surface area is 108 Å². The highest BCUT2D eigenvalue weighted by Gasteiger charge is 2.30. The first-order valence-corrected chi connectivity index (χ1v) is 6.35. The summed E-state index contributed by atoms with van der Waals surface area (Å²) in [6.45, 7) is 7.01. The third-order valence-corrected chi connectivity index (χ3v) is 3.51. The van der Waals surface area contributed by atoms with Crippen LogP contribution in [0, 0.1) is 5.41 Å². The number of ketones is 1. The van der Waals surface area contributed by atoms with E-state index in [1.807, 2.05) is 12.1 Å². The van der Waals surface area contributed by atoms with Crippen LogP contribution in [0.5, 0.6) is 0 Å². The highest BCUT2D eigenvalue weighted by molar-refractivity contribution is 6.31. The molecule has 0 saturated carbocycles. The fourth-order valence-electron chi connectivity index (χ4n) is 2.32. The summed E-state index contributed by atoms with van der Waals surface area (Å²) in [4.78, 5) is 14.3. The van der Waals surface area contributed by atoms with E-state index in [0.717, 1.165) is 19.5 Å². The van der Waals surface area contributed by atoms with Crippen molar-refractivity contribution in [2.75, 3.05) is 19.6 Å². The summed E-state index contributed by atoms with van der Waals surface area (Å²) < 4.78 is 0. The van der Waals surface area contributed by atoms with E-state index in [-0.39, 0.29) is 5.78 Å². The van der Waals surface area contributed by atoms with Crippen molar-refractivity contribution in [2.45, 2.75) is 20.3 Å². The topological polar surface area (TPSA) is 20.3 Å². The molecule has 2 nitrogen and oxygen atoms in total. The molecule has 0 spiro atoms. The lowest BCUT2D eigenvalue weighted by Crippen LogP contribution is -2.29. The predicted molar refractivity (Wildman–Crippen MR) is 70.6 cm³/mol. The Kier molecular flexibility index (Phi) is 3.55. The summed E-state index contributed by atoms with van der Waals surface area (Å²) in [5.74, 6) is 0.158. The van der Waals surface area contributed by atoms with Gasteiger partial charge in [0.15, 0.2) is 5.78 Å². The molecule has 0 bridgehead atoms. The molecule has 0 aromatic heterocycles. The largest absolute Gasteiger partial charge is 0.295 e. The summed E-state index contributed by atoms with van der Waals surface area (Å²) in [6, 6.07) is 7.18. The highest BCUT2D eigenvalue weighted by Crippen LogP contribution is 2.28. The monoisotopic (exact) mass is 251 g/mol. The van der Waals surface area contributed by atoms with E-state index in [4.69, 9.17) is 11.6 Å². The maximum Gasteiger partial charge on any atom is 0.176 e. The van der Waals surface area contributed by atoms with E-state index in [1.54, 1.807) is 12.1 Å². The van der Waals surface area contributed by atoms with E-state index in [2.05, 4.69) is 18.7 Å². The molecule has 1 saturated heterocycles. The van der Waals surface area contributed by atoms with E-state index in [1.165, 1.54) is 0 Å². The summed E-state index contributed by atoms with van der Waals surface area (Å²) in [5, 5.41) is 0.623. The molecule has 1 aliphatic rings. The van der Waals surface area contributed by atoms with Gasteiger partial charge < -0.3 is 0 Å². The minimum Gasteiger partial charge on any atom is -0.295 e. The third kappa shape index (κ3) is 3.30. The molecule has 1 aliphatic heterocycles. The van der Waals surface area contributed by atoms with Gasteiger partial charge in [-0.1, -0.05) is 37.6 Å². The van der Waals surface area contributed by atoms with Crippen molar-refractivity contribution >= 4 is 17.4 Å². The lowest BCUT2D eigenvalue weighted by molar-refractivity contribution is 0.0940. The van der Waals surface area contributed by atoms with Gasteiger partial charge in [-0.05, 0) is 30.5 Å². The molecule has 3 heteroatoms. The smallest absolute Gasteiger partial charge is 0.176 e. The Morgan fingerprint density at radius 3 is 2.82 bits per heavy atom. The van der Waals surface area contributed by atoms with Crippen LogP contribution in [0.3, 0.4) is 0 Å². The van der Waals surface area contributed by atoms with Gasteiger partial charge in [0.1, 0.15) is 0 Å². The maximum absolute atomic E-state index is 12.1. The molecule has 0 amide bonds. The van der Waals surface area contributed by atoms with E-state index in [9.17, 15) is 4.79 Å². The Bertz CT molecular complexity index is 428. The molecule has 0 radical (unpaired) electrons. The Morgan fingerprint density at radius 2 is 2.24 bits per heavy atom. The van der Waals surface area contributed by atoms with Crippen LogP contribution in [0.4, 0.5) is 0 Å². The number of Topliss-reactive ketones (excluding diaryl/α,β-unsaturated/α-hetero) is 1. The van der Waals surface area contributed by atoms with Crippen LogP contribution in [-0.2, 0) is 0 Å². The first-order valence-electron chi connectivity index (χ1n) is 5.97. The van der Waals surface area contributed by atoms with Crippen LogP contribution in [0.2, 0.25) is 5.02 Å². The normalized spacial score (nSPS) is 19.5. The van der Waals surface area contributed by atoms with Crippen LogP contribution in [0.15, 0.2) is 24.3 Å². The summed E-state index contributed by atoms with van der Waals surface area (Å²) >= 11 is 5.89. The fourth-order valence-corrected chi connectivity index (χ4v) is 2.51. The standard InChI is InChI=1S/C14H18ClNO/c1-14(2)6-7-16(10-14)9-13(17)11-4-3-5-12(15)8-11/h3-5,8H,6-7,9-10H2,1-2H3. The van der Waals surface area contributed by atoms with Crippen LogP contribution >= 0.6 is 11.6 Å². The van der Waals surface area contributed by atoms with Gasteiger partial charge in [0.2, 0.25) is 0 Å². The van der Waals surface area contributed by atoms with Crippen molar-refractivity contribution < 1.29 is 4.79 Å². The second-order valence-corrected chi connectivity index (χ2v) is 5.99. The zero-order valence-electron chi connectivity index (χ0n) is 10.4. The molecular weight excluding hydrogens is 234 g/mol. The van der Waals surface area contributed by atoms with Crippen LogP contribution in [0.1, 0.15) is 30.6 Å². The molecule has 0 N–H and O–H groups in total. The van der Waals surface area contributed by atoms with Gasteiger partial charge in [0.05, 0.1) is 6.54 Å². The first-order chi connectivity index (χ1) is 7.96. The van der Waals surface area contributed by atoms with Crippen LogP contribution in [0.25, 0.3) is 0 Å². The lowest BCUT2D eigenvalue weighted by atomic mass is 9.93. The van der Waals surface area contributed by atoms with Crippen molar-refractivity contribution in [1.29, 1.82) is 0 Å². The average Bonchev–Trinajstić information content (AvgIpc) is 2.58. The lowest BCUT2D eigenvalue weighted by Gasteiger charge is -2.18. The van der Waals surface area contributed by atoms with Crippen molar-refractivity contribution in [1.82, 2.24) is 4.90 Å². The van der Waals surface area contributed by atoms with E-state index >= 15 is 0 Å². The minimum atomic E-state index is 0.158.